The average Bonchev–Trinajstić information content (AvgIpc) is 3.05. The zero-order valence-electron chi connectivity index (χ0n) is 14.9. The van der Waals surface area contributed by atoms with Crippen LogP contribution in [0.15, 0.2) is 57.4 Å². The van der Waals surface area contributed by atoms with E-state index < -0.39 is 11.5 Å². The molecular formula is C21H17FN2O2S. The number of benzene rings is 2. The molecule has 4 rings (SSSR count). The van der Waals surface area contributed by atoms with E-state index in [-0.39, 0.29) is 12.1 Å². The number of hydrogen-bond acceptors (Lipinski definition) is 3. The second-order valence-electron chi connectivity index (χ2n) is 6.60. The predicted molar refractivity (Wildman–Crippen MR) is 107 cm³/mol. The van der Waals surface area contributed by atoms with E-state index in [2.05, 4.69) is 4.98 Å². The zero-order valence-corrected chi connectivity index (χ0v) is 15.7. The van der Waals surface area contributed by atoms with Crippen LogP contribution in [0, 0.1) is 19.7 Å². The molecule has 6 heteroatoms. The van der Waals surface area contributed by atoms with E-state index in [0.29, 0.717) is 15.8 Å². The number of H-pyrrole nitrogens is 1. The highest BCUT2D eigenvalue weighted by molar-refractivity contribution is 7.17. The van der Waals surface area contributed by atoms with Crippen molar-refractivity contribution in [2.24, 2.45) is 0 Å². The van der Waals surface area contributed by atoms with Gasteiger partial charge in [-0.2, -0.15) is 0 Å². The van der Waals surface area contributed by atoms with E-state index in [9.17, 15) is 14.0 Å². The molecule has 0 fully saturated rings. The summed E-state index contributed by atoms with van der Waals surface area (Å²) in [6.45, 7) is 4.08. The van der Waals surface area contributed by atoms with Crippen LogP contribution in [0.5, 0.6) is 0 Å². The zero-order chi connectivity index (χ0) is 19.1. The normalized spacial score (nSPS) is 11.2. The van der Waals surface area contributed by atoms with Gasteiger partial charge in [0.2, 0.25) is 0 Å². The van der Waals surface area contributed by atoms with Gasteiger partial charge in [0.05, 0.1) is 11.9 Å². The van der Waals surface area contributed by atoms with Gasteiger partial charge in [-0.15, -0.1) is 11.3 Å². The Morgan fingerprint density at radius 2 is 1.89 bits per heavy atom. The molecule has 0 radical (unpaired) electrons. The summed E-state index contributed by atoms with van der Waals surface area (Å²) in [5, 5.41) is 2.37. The third-order valence-electron chi connectivity index (χ3n) is 4.76. The molecule has 136 valence electrons. The molecule has 0 aliphatic heterocycles. The van der Waals surface area contributed by atoms with Crippen LogP contribution in [0.25, 0.3) is 21.3 Å². The van der Waals surface area contributed by atoms with E-state index in [4.69, 9.17) is 0 Å². The molecular weight excluding hydrogens is 363 g/mol. The highest BCUT2D eigenvalue weighted by Gasteiger charge is 2.15. The van der Waals surface area contributed by atoms with Crippen LogP contribution in [0.2, 0.25) is 0 Å². The number of aromatic amines is 1. The highest BCUT2D eigenvalue weighted by atomic mass is 32.1. The summed E-state index contributed by atoms with van der Waals surface area (Å²) >= 11 is 1.34. The summed E-state index contributed by atoms with van der Waals surface area (Å²) in [6.07, 6.45) is 0. The summed E-state index contributed by atoms with van der Waals surface area (Å²) in [7, 11) is 0. The Hall–Kier alpha value is -2.99. The van der Waals surface area contributed by atoms with Crippen LogP contribution >= 0.6 is 11.3 Å². The number of aryl methyl sites for hydroxylation is 2. The van der Waals surface area contributed by atoms with Gasteiger partial charge in [0.1, 0.15) is 10.6 Å². The molecule has 1 N–H and O–H groups in total. The molecule has 2 heterocycles. The molecule has 2 aromatic heterocycles. The first-order valence-electron chi connectivity index (χ1n) is 8.50. The van der Waals surface area contributed by atoms with E-state index in [1.165, 1.54) is 29.0 Å². The summed E-state index contributed by atoms with van der Waals surface area (Å²) in [5.41, 5.74) is 3.74. The van der Waals surface area contributed by atoms with Crippen LogP contribution < -0.4 is 11.2 Å². The van der Waals surface area contributed by atoms with Crippen LogP contribution in [0.3, 0.4) is 0 Å². The van der Waals surface area contributed by atoms with Gasteiger partial charge in [0.15, 0.2) is 0 Å². The summed E-state index contributed by atoms with van der Waals surface area (Å²) < 4.78 is 14.6. The van der Waals surface area contributed by atoms with Gasteiger partial charge < -0.3 is 0 Å². The Labute approximate surface area is 158 Å². The van der Waals surface area contributed by atoms with Crippen molar-refractivity contribution in [2.45, 2.75) is 20.4 Å². The molecule has 0 unspecified atom stereocenters. The lowest BCUT2D eigenvalue weighted by atomic mass is 10.0. The number of rotatable bonds is 3. The van der Waals surface area contributed by atoms with Crippen molar-refractivity contribution < 1.29 is 4.39 Å². The Kier molecular flexibility index (Phi) is 4.28. The van der Waals surface area contributed by atoms with E-state index in [0.717, 1.165) is 21.3 Å². The SMILES string of the molecule is Cc1ccc(-c2csc3[nH]c(=O)n(Cc4cccc(F)c4)c(=O)c23)cc1C. The molecule has 0 bridgehead atoms. The molecule has 0 amide bonds. The van der Waals surface area contributed by atoms with Crippen molar-refractivity contribution in [2.75, 3.05) is 0 Å². The summed E-state index contributed by atoms with van der Waals surface area (Å²) in [4.78, 5) is 28.8. The fourth-order valence-corrected chi connectivity index (χ4v) is 4.09. The number of thiophene rings is 1. The number of hydrogen-bond donors (Lipinski definition) is 1. The van der Waals surface area contributed by atoms with E-state index >= 15 is 0 Å². The molecule has 4 aromatic rings. The second-order valence-corrected chi connectivity index (χ2v) is 7.48. The maximum absolute atomic E-state index is 13.5. The number of aromatic nitrogens is 2. The molecule has 0 saturated heterocycles. The fourth-order valence-electron chi connectivity index (χ4n) is 3.14. The highest BCUT2D eigenvalue weighted by Crippen LogP contribution is 2.31. The van der Waals surface area contributed by atoms with Gasteiger partial charge in [-0.25, -0.2) is 9.18 Å². The maximum Gasteiger partial charge on any atom is 0.329 e. The lowest BCUT2D eigenvalue weighted by molar-refractivity contribution is 0.621. The molecule has 0 aliphatic carbocycles. The van der Waals surface area contributed by atoms with Crippen LogP contribution in [0.4, 0.5) is 4.39 Å². The van der Waals surface area contributed by atoms with Gasteiger partial charge in [-0.05, 0) is 48.2 Å². The van der Waals surface area contributed by atoms with Crippen LogP contribution in [-0.2, 0) is 6.54 Å². The third-order valence-corrected chi connectivity index (χ3v) is 5.66. The first-order chi connectivity index (χ1) is 12.9. The monoisotopic (exact) mass is 380 g/mol. The Bertz CT molecular complexity index is 1280. The van der Waals surface area contributed by atoms with Crippen LogP contribution in [-0.4, -0.2) is 9.55 Å². The van der Waals surface area contributed by atoms with Gasteiger partial charge in [-0.3, -0.25) is 14.3 Å². The number of fused-ring (bicyclic) bond motifs is 1. The molecule has 0 spiro atoms. The third kappa shape index (κ3) is 3.13. The average molecular weight is 380 g/mol. The van der Waals surface area contributed by atoms with Crippen molar-refractivity contribution >= 4 is 21.6 Å². The van der Waals surface area contributed by atoms with E-state index in [1.54, 1.807) is 12.1 Å². The molecule has 2 aromatic carbocycles. The Morgan fingerprint density at radius 1 is 1.07 bits per heavy atom. The largest absolute Gasteiger partial charge is 0.329 e. The van der Waals surface area contributed by atoms with Crippen molar-refractivity contribution in [3.63, 3.8) is 0 Å². The first-order valence-corrected chi connectivity index (χ1v) is 9.38. The Balaban J connectivity index is 1.90. The lowest BCUT2D eigenvalue weighted by Gasteiger charge is -2.07. The van der Waals surface area contributed by atoms with Gasteiger partial charge in [0, 0.05) is 10.9 Å². The predicted octanol–water partition coefficient (Wildman–Crippen LogP) is 4.22. The minimum atomic E-state index is -0.495. The quantitative estimate of drug-likeness (QED) is 0.578. The first kappa shape index (κ1) is 17.4. The van der Waals surface area contributed by atoms with Gasteiger partial charge in [0.25, 0.3) is 5.56 Å². The molecule has 0 atom stereocenters. The maximum atomic E-state index is 13.5. The van der Waals surface area contributed by atoms with Crippen molar-refractivity contribution in [1.29, 1.82) is 0 Å². The minimum absolute atomic E-state index is 0.0179. The molecule has 4 nitrogen and oxygen atoms in total. The summed E-state index contributed by atoms with van der Waals surface area (Å²) in [6, 6.07) is 11.9. The molecule has 27 heavy (non-hydrogen) atoms. The van der Waals surface area contributed by atoms with Crippen molar-refractivity contribution in [1.82, 2.24) is 9.55 Å². The number of halogens is 1. The van der Waals surface area contributed by atoms with Gasteiger partial charge >= 0.3 is 5.69 Å². The van der Waals surface area contributed by atoms with Crippen LogP contribution in [0.1, 0.15) is 16.7 Å². The topological polar surface area (TPSA) is 54.9 Å². The Morgan fingerprint density at radius 3 is 2.63 bits per heavy atom. The second kappa shape index (κ2) is 6.63. The summed E-state index contributed by atoms with van der Waals surface area (Å²) in [5.74, 6) is -0.399. The van der Waals surface area contributed by atoms with Gasteiger partial charge in [-0.1, -0.05) is 30.3 Å². The molecule has 0 saturated carbocycles. The minimum Gasteiger partial charge on any atom is -0.298 e. The van der Waals surface area contributed by atoms with Crippen molar-refractivity contribution in [3.05, 3.63) is 91.2 Å². The number of nitrogens with one attached hydrogen (secondary N) is 1. The molecule has 0 aliphatic rings. The smallest absolute Gasteiger partial charge is 0.298 e. The lowest BCUT2D eigenvalue weighted by Crippen LogP contribution is -2.35. The fraction of sp³-hybridized carbons (Fsp3) is 0.143. The van der Waals surface area contributed by atoms with Crippen molar-refractivity contribution in [3.8, 4) is 11.1 Å². The van der Waals surface area contributed by atoms with E-state index in [1.807, 2.05) is 37.4 Å². The standard InChI is InChI=1S/C21H17FN2O2S/c1-12-6-7-15(8-13(12)2)17-11-27-19-18(17)20(25)24(21(26)23-19)10-14-4-3-5-16(22)9-14/h3-9,11H,10H2,1-2H3,(H,23,26). The number of nitrogens with zero attached hydrogens (tertiary/aromatic N) is 1.